The monoisotopic (exact) mass is 536 g/mol. The van der Waals surface area contributed by atoms with Gasteiger partial charge >= 0.3 is 0 Å². The fourth-order valence-electron chi connectivity index (χ4n) is 5.10. The SMILES string of the molecule is CC1=C(C)C(C)=C(c2ccc3ccccc3c2C(O)(c2ccccc2)c2ccccc2)C1.Cl.Cl.[Ti]. The van der Waals surface area contributed by atoms with E-state index in [0.717, 1.165) is 39.4 Å². The summed E-state index contributed by atoms with van der Waals surface area (Å²) in [5, 5.41) is 15.0. The third-order valence-electron chi connectivity index (χ3n) is 7.10. The van der Waals surface area contributed by atoms with Gasteiger partial charge in [0.15, 0.2) is 0 Å². The van der Waals surface area contributed by atoms with E-state index in [0.29, 0.717) is 0 Å². The van der Waals surface area contributed by atoms with Gasteiger partial charge in [0.2, 0.25) is 0 Å². The van der Waals surface area contributed by atoms with Gasteiger partial charge in [-0.05, 0) is 71.4 Å². The Morgan fingerprint density at radius 2 is 1.14 bits per heavy atom. The van der Waals surface area contributed by atoms with E-state index in [1.165, 1.54) is 22.3 Å². The number of rotatable bonds is 4. The van der Waals surface area contributed by atoms with Crippen molar-refractivity contribution in [2.45, 2.75) is 32.8 Å². The molecule has 0 heterocycles. The van der Waals surface area contributed by atoms with Gasteiger partial charge in [-0.2, -0.15) is 0 Å². The van der Waals surface area contributed by atoms with Crippen LogP contribution in [-0.2, 0) is 27.3 Å². The molecule has 1 aliphatic carbocycles. The van der Waals surface area contributed by atoms with Crippen molar-refractivity contribution in [2.75, 3.05) is 0 Å². The number of allylic oxidation sites excluding steroid dienone is 4. The van der Waals surface area contributed by atoms with Gasteiger partial charge < -0.3 is 5.11 Å². The van der Waals surface area contributed by atoms with Gasteiger partial charge in [0, 0.05) is 27.3 Å². The van der Waals surface area contributed by atoms with Gasteiger partial charge in [-0.1, -0.05) is 103 Å². The van der Waals surface area contributed by atoms with Crippen LogP contribution in [0.15, 0.2) is 114 Å². The van der Waals surface area contributed by atoms with E-state index in [9.17, 15) is 5.11 Å². The zero-order valence-corrected chi connectivity index (χ0v) is 23.4. The maximum Gasteiger partial charge on any atom is 0.141 e. The summed E-state index contributed by atoms with van der Waals surface area (Å²) >= 11 is 0. The molecule has 0 aromatic heterocycles. The summed E-state index contributed by atoms with van der Waals surface area (Å²) < 4.78 is 0. The van der Waals surface area contributed by atoms with Crippen LogP contribution in [-0.4, -0.2) is 5.11 Å². The Hall–Kier alpha value is -2.13. The number of halogens is 2. The van der Waals surface area contributed by atoms with E-state index in [1.54, 1.807) is 0 Å². The van der Waals surface area contributed by atoms with Crippen molar-refractivity contribution in [3.05, 3.63) is 136 Å². The number of hydrogen-bond acceptors (Lipinski definition) is 1. The molecule has 35 heavy (non-hydrogen) atoms. The molecule has 4 aromatic rings. The maximum absolute atomic E-state index is 12.7. The van der Waals surface area contributed by atoms with Crippen molar-refractivity contribution in [1.82, 2.24) is 0 Å². The second-order valence-corrected chi connectivity index (χ2v) is 8.84. The normalized spacial score (nSPS) is 13.3. The molecule has 0 spiro atoms. The average Bonchev–Trinajstić information content (AvgIpc) is 3.11. The predicted molar refractivity (Wildman–Crippen MR) is 149 cm³/mol. The third kappa shape index (κ3) is 4.94. The Morgan fingerprint density at radius 3 is 1.66 bits per heavy atom. The number of hydrogen-bond donors (Lipinski definition) is 1. The number of benzene rings is 4. The second-order valence-electron chi connectivity index (χ2n) is 8.84. The van der Waals surface area contributed by atoms with Crippen molar-refractivity contribution in [2.24, 2.45) is 0 Å². The minimum atomic E-state index is -1.28. The second kappa shape index (κ2) is 11.7. The van der Waals surface area contributed by atoms with Crippen LogP contribution in [0.25, 0.3) is 16.3 Å². The molecule has 0 saturated heterocycles. The molecule has 0 saturated carbocycles. The molecular formula is C31H30Cl2OTi. The molecule has 0 fully saturated rings. The first-order valence-electron chi connectivity index (χ1n) is 11.2. The maximum atomic E-state index is 12.7. The fourth-order valence-corrected chi connectivity index (χ4v) is 5.10. The van der Waals surface area contributed by atoms with E-state index >= 15 is 0 Å². The zero-order valence-electron chi connectivity index (χ0n) is 20.2. The van der Waals surface area contributed by atoms with Crippen LogP contribution in [0.2, 0.25) is 0 Å². The van der Waals surface area contributed by atoms with Crippen LogP contribution in [0.4, 0.5) is 0 Å². The molecule has 0 amide bonds. The Kier molecular flexibility index (Phi) is 9.76. The molecule has 178 valence electrons. The van der Waals surface area contributed by atoms with Gasteiger partial charge in [-0.15, -0.1) is 24.8 Å². The van der Waals surface area contributed by atoms with Crippen LogP contribution < -0.4 is 0 Å². The van der Waals surface area contributed by atoms with Crippen LogP contribution in [0.3, 0.4) is 0 Å². The van der Waals surface area contributed by atoms with E-state index in [2.05, 4.69) is 57.2 Å². The van der Waals surface area contributed by atoms with Crippen molar-refractivity contribution in [3.63, 3.8) is 0 Å². The Morgan fingerprint density at radius 1 is 0.629 bits per heavy atom. The van der Waals surface area contributed by atoms with Gasteiger partial charge in [-0.25, -0.2) is 0 Å². The van der Waals surface area contributed by atoms with E-state index in [4.69, 9.17) is 0 Å². The van der Waals surface area contributed by atoms with Crippen molar-refractivity contribution < 1.29 is 26.8 Å². The van der Waals surface area contributed by atoms with Crippen LogP contribution in [0.5, 0.6) is 0 Å². The molecule has 0 aliphatic heterocycles. The Bertz CT molecular complexity index is 1340. The minimum Gasteiger partial charge on any atom is -0.376 e. The van der Waals surface area contributed by atoms with E-state index < -0.39 is 5.60 Å². The first kappa shape index (κ1) is 29.1. The van der Waals surface area contributed by atoms with Crippen LogP contribution in [0.1, 0.15) is 49.4 Å². The largest absolute Gasteiger partial charge is 0.376 e. The Balaban J connectivity index is 0.00000144. The molecule has 5 rings (SSSR count). The first-order valence-corrected chi connectivity index (χ1v) is 11.2. The average molecular weight is 537 g/mol. The molecule has 0 atom stereocenters. The Labute approximate surface area is 235 Å². The molecule has 1 N–H and O–H groups in total. The quantitative estimate of drug-likeness (QED) is 0.205. The topological polar surface area (TPSA) is 20.2 Å². The summed E-state index contributed by atoms with van der Waals surface area (Å²) in [5.74, 6) is 0. The third-order valence-corrected chi connectivity index (χ3v) is 7.10. The summed E-state index contributed by atoms with van der Waals surface area (Å²) in [4.78, 5) is 0. The van der Waals surface area contributed by atoms with Crippen molar-refractivity contribution in [1.29, 1.82) is 0 Å². The molecule has 0 radical (unpaired) electrons. The fraction of sp³-hybridized carbons (Fsp3) is 0.161. The number of fused-ring (bicyclic) bond motifs is 1. The summed E-state index contributed by atoms with van der Waals surface area (Å²) in [7, 11) is 0. The smallest absolute Gasteiger partial charge is 0.141 e. The van der Waals surface area contributed by atoms with E-state index in [-0.39, 0.29) is 46.5 Å². The molecule has 1 aliphatic rings. The molecule has 0 unspecified atom stereocenters. The van der Waals surface area contributed by atoms with Crippen molar-refractivity contribution in [3.8, 4) is 0 Å². The molecule has 4 heteroatoms. The summed E-state index contributed by atoms with van der Waals surface area (Å²) in [5.41, 5.74) is 7.96. The molecule has 1 nitrogen and oxygen atoms in total. The molecular weight excluding hydrogens is 507 g/mol. The van der Waals surface area contributed by atoms with Crippen LogP contribution >= 0.6 is 24.8 Å². The van der Waals surface area contributed by atoms with Gasteiger partial charge in [0.1, 0.15) is 5.60 Å². The standard InChI is InChI=1S/C31H28O.2ClH.Ti/c1-21-20-29(23(3)22(21)2)28-19-18-24-12-10-11-17-27(24)30(28)31(32,25-13-6-4-7-14-25)26-15-8-5-9-16-26;;;/h4-19,32H,20H2,1-3H3;2*1H;. The summed E-state index contributed by atoms with van der Waals surface area (Å²) in [6, 6.07) is 32.9. The summed E-state index contributed by atoms with van der Waals surface area (Å²) in [6.07, 6.45) is 0.919. The van der Waals surface area contributed by atoms with E-state index in [1.807, 2.05) is 60.7 Å². The van der Waals surface area contributed by atoms with Gasteiger partial charge in [0.25, 0.3) is 0 Å². The van der Waals surface area contributed by atoms with Crippen molar-refractivity contribution >= 4 is 41.2 Å². The van der Waals surface area contributed by atoms with Crippen LogP contribution in [0, 0.1) is 0 Å². The first-order chi connectivity index (χ1) is 15.5. The minimum absolute atomic E-state index is 0. The van der Waals surface area contributed by atoms with Gasteiger partial charge in [0.05, 0.1) is 0 Å². The predicted octanol–water partition coefficient (Wildman–Crippen LogP) is 8.48. The summed E-state index contributed by atoms with van der Waals surface area (Å²) in [6.45, 7) is 6.64. The molecule has 4 aromatic carbocycles. The zero-order chi connectivity index (χ0) is 22.3. The van der Waals surface area contributed by atoms with Gasteiger partial charge in [-0.3, -0.25) is 0 Å². The number of aliphatic hydroxyl groups is 1. The molecule has 0 bridgehead atoms.